The average Bonchev–Trinajstić information content (AvgIpc) is 3.01. The smallest absolute Gasteiger partial charge is 0.265 e. The molecule has 0 saturated heterocycles. The highest BCUT2D eigenvalue weighted by Crippen LogP contribution is 2.16. The van der Waals surface area contributed by atoms with Gasteiger partial charge in [-0.3, -0.25) is 19.5 Å². The fourth-order valence-electron chi connectivity index (χ4n) is 1.76. The fourth-order valence-corrected chi connectivity index (χ4v) is 3.46. The van der Waals surface area contributed by atoms with Crippen molar-refractivity contribution >= 4 is 29.0 Å². The van der Waals surface area contributed by atoms with Gasteiger partial charge in [0.25, 0.3) is 11.1 Å². The number of nitrogens with zero attached hydrogens (tertiary/aromatic N) is 1. The molecule has 0 saturated carbocycles. The third-order valence-electron chi connectivity index (χ3n) is 2.84. The average molecular weight is 339 g/mol. The highest BCUT2D eigenvalue weighted by atomic mass is 32.2. The number of thiophene rings is 1. The van der Waals surface area contributed by atoms with Crippen LogP contribution >= 0.6 is 23.1 Å². The molecule has 118 valence electrons. The summed E-state index contributed by atoms with van der Waals surface area (Å²) in [6, 6.07) is 6.48. The maximum Gasteiger partial charge on any atom is 0.265 e. The quantitative estimate of drug-likeness (QED) is 0.704. The summed E-state index contributed by atoms with van der Waals surface area (Å²) in [5.41, 5.74) is -0.677. The largest absolute Gasteiger partial charge is 0.355 e. The molecule has 0 aliphatic carbocycles. The van der Waals surface area contributed by atoms with Crippen LogP contribution in [0.15, 0.2) is 39.2 Å². The second-order valence-corrected chi connectivity index (χ2v) is 6.67. The molecule has 0 fully saturated rings. The van der Waals surface area contributed by atoms with Crippen molar-refractivity contribution in [2.24, 2.45) is 0 Å². The summed E-state index contributed by atoms with van der Waals surface area (Å²) < 4.78 is 1.15. The highest BCUT2D eigenvalue weighted by molar-refractivity contribution is 7.98. The molecular weight excluding hydrogens is 322 g/mol. The minimum absolute atomic E-state index is 0.131. The van der Waals surface area contributed by atoms with Crippen LogP contribution in [0.25, 0.3) is 0 Å². The van der Waals surface area contributed by atoms with Crippen LogP contribution in [0.3, 0.4) is 0 Å². The number of rotatable bonds is 8. The molecule has 2 rings (SSSR count). The molecule has 0 radical (unpaired) electrons. The SMILES string of the molecule is O=C(CCn1[nH]c(=O)ccc1=O)NCCSCc1cccs1. The molecule has 2 N–H and O–H groups in total. The minimum atomic E-state index is -0.356. The van der Waals surface area contributed by atoms with Gasteiger partial charge in [0.15, 0.2) is 0 Å². The van der Waals surface area contributed by atoms with Crippen molar-refractivity contribution in [1.82, 2.24) is 15.1 Å². The van der Waals surface area contributed by atoms with Crippen molar-refractivity contribution < 1.29 is 4.79 Å². The second-order valence-electron chi connectivity index (χ2n) is 4.53. The zero-order valence-corrected chi connectivity index (χ0v) is 13.5. The van der Waals surface area contributed by atoms with E-state index >= 15 is 0 Å². The van der Waals surface area contributed by atoms with Gasteiger partial charge in [0.2, 0.25) is 5.91 Å². The Balaban J connectivity index is 1.62. The first-order chi connectivity index (χ1) is 10.6. The third-order valence-corrected chi connectivity index (χ3v) is 4.91. The number of hydrogen-bond donors (Lipinski definition) is 2. The lowest BCUT2D eigenvalue weighted by atomic mass is 10.4. The number of aryl methyl sites for hydroxylation is 1. The van der Waals surface area contributed by atoms with E-state index in [1.807, 2.05) is 11.4 Å². The maximum absolute atomic E-state index is 11.7. The van der Waals surface area contributed by atoms with Crippen LogP contribution in [0.5, 0.6) is 0 Å². The van der Waals surface area contributed by atoms with E-state index < -0.39 is 0 Å². The van der Waals surface area contributed by atoms with E-state index in [0.717, 1.165) is 16.2 Å². The predicted molar refractivity (Wildman–Crippen MR) is 89.4 cm³/mol. The Kier molecular flexibility index (Phi) is 6.47. The molecule has 0 bridgehead atoms. The molecular formula is C14H17N3O3S2. The van der Waals surface area contributed by atoms with Gasteiger partial charge in [0, 0.05) is 41.5 Å². The first kappa shape index (κ1) is 16.6. The Hall–Kier alpha value is -1.80. The summed E-state index contributed by atoms with van der Waals surface area (Å²) in [7, 11) is 0. The van der Waals surface area contributed by atoms with E-state index in [0.29, 0.717) is 6.54 Å². The maximum atomic E-state index is 11.7. The first-order valence-electron chi connectivity index (χ1n) is 6.82. The monoisotopic (exact) mass is 339 g/mol. The van der Waals surface area contributed by atoms with Gasteiger partial charge in [-0.05, 0) is 11.4 Å². The lowest BCUT2D eigenvalue weighted by Crippen LogP contribution is -2.32. The van der Waals surface area contributed by atoms with E-state index in [1.165, 1.54) is 17.0 Å². The van der Waals surface area contributed by atoms with Gasteiger partial charge in [-0.1, -0.05) is 6.07 Å². The van der Waals surface area contributed by atoms with Crippen LogP contribution in [0.2, 0.25) is 0 Å². The summed E-state index contributed by atoms with van der Waals surface area (Å²) in [5.74, 6) is 1.66. The Labute approximate surface area is 135 Å². The number of hydrogen-bond acceptors (Lipinski definition) is 5. The fraction of sp³-hybridized carbons (Fsp3) is 0.357. The van der Waals surface area contributed by atoms with E-state index in [4.69, 9.17) is 0 Å². The van der Waals surface area contributed by atoms with Crippen molar-refractivity contribution in [2.45, 2.75) is 18.7 Å². The van der Waals surface area contributed by atoms with Gasteiger partial charge in [-0.2, -0.15) is 11.8 Å². The third kappa shape index (κ3) is 5.53. The van der Waals surface area contributed by atoms with Crippen LogP contribution in [0.1, 0.15) is 11.3 Å². The first-order valence-corrected chi connectivity index (χ1v) is 8.85. The van der Waals surface area contributed by atoms with Crippen molar-refractivity contribution in [1.29, 1.82) is 0 Å². The number of aromatic amines is 1. The zero-order valence-electron chi connectivity index (χ0n) is 11.9. The Bertz CT molecular complexity index is 707. The summed E-state index contributed by atoms with van der Waals surface area (Å²) in [5, 5.41) is 7.24. The standard InChI is InChI=1S/C14H17N3O3S2/c18-12(5-7-17-14(20)4-3-13(19)16-17)15-6-9-21-10-11-2-1-8-22-11/h1-4,8H,5-7,9-10H2,(H,15,18)(H,16,19). The normalized spacial score (nSPS) is 10.5. The van der Waals surface area contributed by atoms with Crippen molar-refractivity contribution in [3.05, 3.63) is 55.2 Å². The molecule has 2 aromatic rings. The van der Waals surface area contributed by atoms with E-state index in [-0.39, 0.29) is 30.0 Å². The Morgan fingerprint density at radius 1 is 1.32 bits per heavy atom. The number of thioether (sulfide) groups is 1. The molecule has 1 amide bonds. The Morgan fingerprint density at radius 2 is 2.18 bits per heavy atom. The number of H-pyrrole nitrogens is 1. The van der Waals surface area contributed by atoms with Crippen LogP contribution in [-0.4, -0.2) is 28.0 Å². The van der Waals surface area contributed by atoms with E-state index in [2.05, 4.69) is 16.5 Å². The summed E-state index contributed by atoms with van der Waals surface area (Å²) in [6.45, 7) is 0.762. The summed E-state index contributed by atoms with van der Waals surface area (Å²) in [6.07, 6.45) is 0.162. The Morgan fingerprint density at radius 3 is 2.95 bits per heavy atom. The predicted octanol–water partition coefficient (Wildman–Crippen LogP) is 1.04. The number of carbonyl (C=O) groups is 1. The lowest BCUT2D eigenvalue weighted by Gasteiger charge is -2.06. The molecule has 0 aliphatic rings. The van der Waals surface area contributed by atoms with E-state index in [9.17, 15) is 14.4 Å². The molecule has 0 unspecified atom stereocenters. The molecule has 2 aromatic heterocycles. The van der Waals surface area contributed by atoms with Crippen molar-refractivity contribution in [3.63, 3.8) is 0 Å². The molecule has 2 heterocycles. The van der Waals surface area contributed by atoms with Crippen molar-refractivity contribution in [2.75, 3.05) is 12.3 Å². The zero-order chi connectivity index (χ0) is 15.8. The molecule has 22 heavy (non-hydrogen) atoms. The number of aromatic nitrogens is 2. The van der Waals surface area contributed by atoms with E-state index in [1.54, 1.807) is 23.1 Å². The summed E-state index contributed by atoms with van der Waals surface area (Å²) in [4.78, 5) is 35.6. The van der Waals surface area contributed by atoms with Crippen LogP contribution in [-0.2, 0) is 17.1 Å². The second kappa shape index (κ2) is 8.60. The van der Waals surface area contributed by atoms with Crippen molar-refractivity contribution in [3.8, 4) is 0 Å². The molecule has 0 aromatic carbocycles. The minimum Gasteiger partial charge on any atom is -0.355 e. The molecule has 0 atom stereocenters. The molecule has 0 spiro atoms. The van der Waals surface area contributed by atoms with Crippen LogP contribution < -0.4 is 16.4 Å². The van der Waals surface area contributed by atoms with Gasteiger partial charge < -0.3 is 5.32 Å². The topological polar surface area (TPSA) is 84.0 Å². The van der Waals surface area contributed by atoms with Gasteiger partial charge in [-0.15, -0.1) is 11.3 Å². The van der Waals surface area contributed by atoms with Gasteiger partial charge in [0.05, 0.1) is 6.54 Å². The lowest BCUT2D eigenvalue weighted by molar-refractivity contribution is -0.121. The number of carbonyl (C=O) groups excluding carboxylic acids is 1. The molecule has 8 heteroatoms. The highest BCUT2D eigenvalue weighted by Gasteiger charge is 2.03. The molecule has 0 aliphatic heterocycles. The van der Waals surface area contributed by atoms with Gasteiger partial charge in [-0.25, -0.2) is 4.68 Å². The molecule has 6 nitrogen and oxygen atoms in total. The van der Waals surface area contributed by atoms with Gasteiger partial charge in [0.1, 0.15) is 0 Å². The summed E-state index contributed by atoms with van der Waals surface area (Å²) >= 11 is 3.49. The number of nitrogens with one attached hydrogen (secondary N) is 2. The van der Waals surface area contributed by atoms with Crippen LogP contribution in [0.4, 0.5) is 0 Å². The van der Waals surface area contributed by atoms with Crippen LogP contribution in [0, 0.1) is 0 Å². The van der Waals surface area contributed by atoms with Gasteiger partial charge >= 0.3 is 0 Å². The number of amides is 1.